The van der Waals surface area contributed by atoms with E-state index in [2.05, 4.69) is 20.7 Å². The lowest BCUT2D eigenvalue weighted by molar-refractivity contribution is -0.192. The first-order valence-corrected chi connectivity index (χ1v) is 12.7. The number of aliphatic carboxylic acids is 1. The first-order valence-electron chi connectivity index (χ1n) is 12.7. The second-order valence-corrected chi connectivity index (χ2v) is 9.82. The van der Waals surface area contributed by atoms with Crippen molar-refractivity contribution in [3.8, 4) is 11.3 Å². The second kappa shape index (κ2) is 13.4. The molecule has 244 valence electrons. The Morgan fingerprint density at radius 3 is 2.24 bits per heavy atom. The number of carbonyl (C=O) groups excluding carboxylic acids is 2. The molecule has 0 radical (unpaired) electrons. The predicted molar refractivity (Wildman–Crippen MR) is 141 cm³/mol. The van der Waals surface area contributed by atoms with Crippen LogP contribution in [0.15, 0.2) is 42.7 Å². The molecule has 0 saturated heterocycles. The van der Waals surface area contributed by atoms with Gasteiger partial charge in [0.1, 0.15) is 0 Å². The van der Waals surface area contributed by atoms with Gasteiger partial charge in [0, 0.05) is 42.7 Å². The molecule has 3 aromatic rings. The van der Waals surface area contributed by atoms with E-state index in [0.717, 1.165) is 21.6 Å². The Kier molecular flexibility index (Phi) is 10.4. The van der Waals surface area contributed by atoms with Crippen LogP contribution in [0.2, 0.25) is 0 Å². The number of anilines is 1. The summed E-state index contributed by atoms with van der Waals surface area (Å²) < 4.78 is 99.2. The fourth-order valence-corrected chi connectivity index (χ4v) is 4.17. The molecule has 5 N–H and O–H groups in total. The number of benzene rings is 1. The summed E-state index contributed by atoms with van der Waals surface area (Å²) in [5, 5.41) is 16.0. The summed E-state index contributed by atoms with van der Waals surface area (Å²) in [7, 11) is 1.35. The topological polar surface area (TPSA) is 157 Å². The molecule has 11 nitrogen and oxygen atoms in total. The summed E-state index contributed by atoms with van der Waals surface area (Å²) in [6.45, 7) is 1.13. The van der Waals surface area contributed by atoms with Crippen LogP contribution in [0.25, 0.3) is 11.3 Å². The van der Waals surface area contributed by atoms with Gasteiger partial charge in [0.25, 0.3) is 17.9 Å². The van der Waals surface area contributed by atoms with Gasteiger partial charge in [-0.1, -0.05) is 0 Å². The number of hydrogen-bond acceptors (Lipinski definition) is 6. The summed E-state index contributed by atoms with van der Waals surface area (Å²) in [5.41, 5.74) is 5.33. The molecule has 1 aliphatic rings. The standard InChI is InChI=1S/C24H24F5N7O2.C2HF3O2/c1-12-7-14(3-4-16(12)22(37)33-15-8-13(30)9-15)32-23(38)21-31-10-18(35(21)2)17-11-36(6-5-19(25)26)34-20(17)24(27,28)29;3-2(4,5)1(6)7/h3-5,7,10-11,13,15H,6,8-9,30H2,1-2H3,(H,32,38)(H,33,37);(H,6,7). The number of aromatic nitrogens is 4. The van der Waals surface area contributed by atoms with Gasteiger partial charge >= 0.3 is 18.3 Å². The number of carboxylic acid groups (broad SMARTS) is 1. The molecule has 1 aliphatic carbocycles. The van der Waals surface area contributed by atoms with Crippen LogP contribution in [-0.2, 0) is 24.6 Å². The van der Waals surface area contributed by atoms with Crippen LogP contribution < -0.4 is 16.4 Å². The Hall–Kier alpha value is -4.81. The van der Waals surface area contributed by atoms with Gasteiger partial charge in [0.2, 0.25) is 0 Å². The molecule has 0 aliphatic heterocycles. The lowest BCUT2D eigenvalue weighted by atomic mass is 9.87. The van der Waals surface area contributed by atoms with Gasteiger partial charge in [-0.3, -0.25) is 14.3 Å². The van der Waals surface area contributed by atoms with Crippen molar-refractivity contribution in [2.24, 2.45) is 12.8 Å². The third-order valence-corrected chi connectivity index (χ3v) is 6.41. The zero-order valence-corrected chi connectivity index (χ0v) is 23.3. The highest BCUT2D eigenvalue weighted by Gasteiger charge is 2.39. The quantitative estimate of drug-likeness (QED) is 0.274. The number of nitrogens with one attached hydrogen (secondary N) is 2. The maximum Gasteiger partial charge on any atom is 0.490 e. The fraction of sp³-hybridized carbons (Fsp3) is 0.346. The van der Waals surface area contributed by atoms with Gasteiger partial charge in [-0.05, 0) is 43.5 Å². The Labute approximate surface area is 248 Å². The van der Waals surface area contributed by atoms with Crippen molar-refractivity contribution in [1.82, 2.24) is 24.6 Å². The van der Waals surface area contributed by atoms with Crippen molar-refractivity contribution in [3.63, 3.8) is 0 Å². The molecule has 45 heavy (non-hydrogen) atoms. The van der Waals surface area contributed by atoms with Crippen molar-refractivity contribution in [2.75, 3.05) is 5.32 Å². The number of allylic oxidation sites excluding steroid dienone is 1. The van der Waals surface area contributed by atoms with Crippen LogP contribution in [-0.4, -0.2) is 60.5 Å². The lowest BCUT2D eigenvalue weighted by Crippen LogP contribution is -2.50. The molecule has 2 amide bonds. The largest absolute Gasteiger partial charge is 0.490 e. The van der Waals surface area contributed by atoms with E-state index in [1.165, 1.54) is 13.1 Å². The van der Waals surface area contributed by atoms with Crippen molar-refractivity contribution >= 4 is 23.5 Å². The van der Waals surface area contributed by atoms with Gasteiger partial charge in [0.05, 0.1) is 24.0 Å². The summed E-state index contributed by atoms with van der Waals surface area (Å²) in [4.78, 5) is 38.2. The first-order chi connectivity index (χ1) is 20.8. The van der Waals surface area contributed by atoms with Crippen LogP contribution in [0.4, 0.5) is 40.8 Å². The number of alkyl halides is 6. The number of imidazole rings is 1. The van der Waals surface area contributed by atoms with E-state index >= 15 is 0 Å². The van der Waals surface area contributed by atoms with Gasteiger partial charge in [-0.2, -0.15) is 40.2 Å². The van der Waals surface area contributed by atoms with E-state index in [0.29, 0.717) is 35.7 Å². The number of nitrogens with zero attached hydrogens (tertiary/aromatic N) is 4. The third-order valence-electron chi connectivity index (χ3n) is 6.41. The van der Waals surface area contributed by atoms with Gasteiger partial charge in [-0.15, -0.1) is 0 Å². The molecule has 0 atom stereocenters. The molecule has 2 heterocycles. The maximum atomic E-state index is 13.6. The van der Waals surface area contributed by atoms with Crippen LogP contribution >= 0.6 is 0 Å². The number of carbonyl (C=O) groups is 3. The van der Waals surface area contributed by atoms with Crippen LogP contribution in [0.5, 0.6) is 0 Å². The Morgan fingerprint density at radius 1 is 1.11 bits per heavy atom. The van der Waals surface area contributed by atoms with Crippen LogP contribution in [0.3, 0.4) is 0 Å². The molecule has 0 bridgehead atoms. The number of hydrogen-bond donors (Lipinski definition) is 4. The van der Waals surface area contributed by atoms with Crippen molar-refractivity contribution in [2.45, 2.75) is 50.7 Å². The normalized spacial score (nSPS) is 16.2. The molecule has 0 spiro atoms. The van der Waals surface area contributed by atoms with E-state index in [1.54, 1.807) is 19.1 Å². The van der Waals surface area contributed by atoms with Gasteiger partial charge < -0.3 is 26.0 Å². The zero-order valence-electron chi connectivity index (χ0n) is 23.3. The first kappa shape index (κ1) is 34.7. The van der Waals surface area contributed by atoms with E-state index in [4.69, 9.17) is 15.6 Å². The molecule has 1 aromatic carbocycles. The summed E-state index contributed by atoms with van der Waals surface area (Å²) in [6.07, 6.45) is -8.12. The maximum absolute atomic E-state index is 13.6. The molecule has 19 heteroatoms. The summed E-state index contributed by atoms with van der Waals surface area (Å²) in [5.74, 6) is -3.91. The number of carboxylic acids is 1. The monoisotopic (exact) mass is 651 g/mol. The highest BCUT2D eigenvalue weighted by atomic mass is 19.4. The zero-order chi connectivity index (χ0) is 33.9. The van der Waals surface area contributed by atoms with E-state index in [9.17, 15) is 44.7 Å². The fourth-order valence-electron chi connectivity index (χ4n) is 4.17. The van der Waals surface area contributed by atoms with Crippen LogP contribution in [0.1, 0.15) is 45.1 Å². The number of amides is 2. The van der Waals surface area contributed by atoms with Crippen molar-refractivity contribution < 1.29 is 54.6 Å². The molecule has 4 rings (SSSR count). The smallest absolute Gasteiger partial charge is 0.475 e. The van der Waals surface area contributed by atoms with E-state index in [1.807, 2.05) is 0 Å². The highest BCUT2D eigenvalue weighted by Crippen LogP contribution is 2.36. The van der Waals surface area contributed by atoms with E-state index in [-0.39, 0.29) is 29.5 Å². The number of halogens is 8. The number of nitrogens with two attached hydrogens (primary N) is 1. The summed E-state index contributed by atoms with van der Waals surface area (Å²) in [6, 6.07) is 4.79. The molecular formula is C26H25F8N7O4. The molecule has 1 saturated carbocycles. The van der Waals surface area contributed by atoms with Crippen molar-refractivity contribution in [3.05, 3.63) is 65.4 Å². The Morgan fingerprint density at radius 2 is 1.73 bits per heavy atom. The van der Waals surface area contributed by atoms with Gasteiger partial charge in [0.15, 0.2) is 11.5 Å². The molecule has 0 unspecified atom stereocenters. The molecule has 1 fully saturated rings. The summed E-state index contributed by atoms with van der Waals surface area (Å²) >= 11 is 0. The number of rotatable bonds is 7. The Bertz CT molecular complexity index is 1600. The minimum absolute atomic E-state index is 0.0279. The average Bonchev–Trinajstić information content (AvgIpc) is 3.49. The lowest BCUT2D eigenvalue weighted by Gasteiger charge is -2.33. The predicted octanol–water partition coefficient (Wildman–Crippen LogP) is 4.50. The highest BCUT2D eigenvalue weighted by molar-refractivity contribution is 6.03. The molecular weight excluding hydrogens is 626 g/mol. The molecule has 2 aromatic heterocycles. The van der Waals surface area contributed by atoms with Crippen molar-refractivity contribution in [1.29, 1.82) is 0 Å². The average molecular weight is 652 g/mol. The number of aryl methyl sites for hydroxylation is 1. The third kappa shape index (κ3) is 8.87. The SMILES string of the molecule is Cc1cc(NC(=O)c2ncc(-c3cn(CC=C(F)F)nc3C(F)(F)F)n2C)ccc1C(=O)NC1CC(N)C1.O=C(O)C(F)(F)F. The minimum atomic E-state index is -5.08. The van der Waals surface area contributed by atoms with Gasteiger partial charge in [-0.25, -0.2) is 9.78 Å². The minimum Gasteiger partial charge on any atom is -0.475 e. The second-order valence-electron chi connectivity index (χ2n) is 9.82. The van der Waals surface area contributed by atoms with Crippen LogP contribution in [0, 0.1) is 6.92 Å². The van der Waals surface area contributed by atoms with E-state index < -0.39 is 48.1 Å². The Balaban J connectivity index is 0.000000707.